The van der Waals surface area contributed by atoms with E-state index >= 15 is 0 Å². The largest absolute Gasteiger partial charge is 0.399 e. The summed E-state index contributed by atoms with van der Waals surface area (Å²) in [5.41, 5.74) is 7.23. The molecule has 0 radical (unpaired) electrons. The topological polar surface area (TPSA) is 21.6 Å². The molecule has 0 N–H and O–H groups in total. The highest BCUT2D eigenvalue weighted by molar-refractivity contribution is 6.35. The molecule has 1 aliphatic rings. The summed E-state index contributed by atoms with van der Waals surface area (Å²) in [6.45, 7) is 2.24. The first-order chi connectivity index (χ1) is 13.3. The predicted octanol–water partition coefficient (Wildman–Crippen LogP) is 6.03. The van der Waals surface area contributed by atoms with Gasteiger partial charge in [-0.3, -0.25) is 0 Å². The van der Waals surface area contributed by atoms with Gasteiger partial charge in [0.25, 0.3) is 0 Å². The third kappa shape index (κ3) is 3.19. The second-order valence-corrected chi connectivity index (χ2v) is 6.86. The van der Waals surface area contributed by atoms with E-state index in [1.54, 1.807) is 7.11 Å². The lowest BCUT2D eigenvalue weighted by atomic mass is 9.82. The van der Waals surface area contributed by atoms with E-state index in [1.807, 2.05) is 6.07 Å². The maximum atomic E-state index is 5.27. The molecule has 1 unspecified atom stereocenters. The van der Waals surface area contributed by atoms with Gasteiger partial charge < -0.3 is 4.84 Å². The molecular weight excluding hydrogens is 330 g/mol. The van der Waals surface area contributed by atoms with Gasteiger partial charge in [-0.25, -0.2) is 0 Å². The van der Waals surface area contributed by atoms with Crippen LogP contribution in [0.3, 0.4) is 0 Å². The molecule has 0 amide bonds. The summed E-state index contributed by atoms with van der Waals surface area (Å²) in [5.74, 6) is 0.454. The minimum Gasteiger partial charge on any atom is -0.399 e. The Morgan fingerprint density at radius 1 is 0.704 bits per heavy atom. The van der Waals surface area contributed by atoms with Crippen LogP contribution in [0.2, 0.25) is 0 Å². The van der Waals surface area contributed by atoms with Crippen molar-refractivity contribution in [2.75, 3.05) is 7.11 Å². The lowest BCUT2D eigenvalue weighted by molar-refractivity contribution is 0.212. The standard InChI is InChI=1S/C25H23NO/c1-18-22(19-12-6-3-7-13-19)23(20-14-8-4-9-15-20)24(25(18)26-27-2)21-16-10-5-11-17-21/h3-18,22H,1-2H3/b26-25+/t18-,22?/m1/s1. The molecule has 2 heteroatoms. The fourth-order valence-corrected chi connectivity index (χ4v) is 4.12. The highest BCUT2D eigenvalue weighted by Gasteiger charge is 2.39. The van der Waals surface area contributed by atoms with Gasteiger partial charge >= 0.3 is 0 Å². The van der Waals surface area contributed by atoms with Crippen LogP contribution >= 0.6 is 0 Å². The number of nitrogens with zero attached hydrogens (tertiary/aromatic N) is 1. The van der Waals surface area contributed by atoms with Crippen molar-refractivity contribution in [1.29, 1.82) is 0 Å². The minimum atomic E-state index is 0.220. The Bertz CT molecular complexity index is 959. The molecule has 134 valence electrons. The van der Waals surface area contributed by atoms with Crippen LogP contribution in [0.15, 0.2) is 96.2 Å². The van der Waals surface area contributed by atoms with Crippen molar-refractivity contribution in [3.05, 3.63) is 108 Å². The number of hydrogen-bond donors (Lipinski definition) is 0. The zero-order valence-electron chi connectivity index (χ0n) is 15.7. The molecular formula is C25H23NO. The zero-order chi connectivity index (χ0) is 18.6. The maximum absolute atomic E-state index is 5.27. The van der Waals surface area contributed by atoms with E-state index in [0.717, 1.165) is 5.71 Å². The van der Waals surface area contributed by atoms with Gasteiger partial charge in [-0.15, -0.1) is 0 Å². The lowest BCUT2D eigenvalue weighted by Crippen LogP contribution is -2.13. The van der Waals surface area contributed by atoms with Crippen molar-refractivity contribution in [3.8, 4) is 0 Å². The van der Waals surface area contributed by atoms with Crippen LogP contribution in [0, 0.1) is 5.92 Å². The van der Waals surface area contributed by atoms with Gasteiger partial charge in [0.2, 0.25) is 0 Å². The van der Waals surface area contributed by atoms with Crippen LogP contribution in [-0.4, -0.2) is 12.8 Å². The Hall–Kier alpha value is -3.13. The summed E-state index contributed by atoms with van der Waals surface area (Å²) in [6, 6.07) is 31.9. The Balaban J connectivity index is 2.02. The van der Waals surface area contributed by atoms with Crippen LogP contribution in [-0.2, 0) is 4.84 Å². The van der Waals surface area contributed by atoms with E-state index < -0.39 is 0 Å². The van der Waals surface area contributed by atoms with Crippen LogP contribution in [0.5, 0.6) is 0 Å². The number of hydrogen-bond acceptors (Lipinski definition) is 2. The number of oxime groups is 1. The van der Waals surface area contributed by atoms with E-state index in [1.165, 1.54) is 27.8 Å². The molecule has 0 aliphatic heterocycles. The molecule has 0 saturated carbocycles. The third-order valence-corrected chi connectivity index (χ3v) is 5.26. The molecule has 0 spiro atoms. The SMILES string of the molecule is CO/N=C1/C(c2ccccc2)=C(c2ccccc2)C(c2ccccc2)[C@H]1C. The Labute approximate surface area is 160 Å². The molecule has 0 fully saturated rings. The van der Waals surface area contributed by atoms with E-state index in [0.29, 0.717) is 0 Å². The summed E-state index contributed by atoms with van der Waals surface area (Å²) in [6.07, 6.45) is 0. The zero-order valence-corrected chi connectivity index (χ0v) is 15.7. The smallest absolute Gasteiger partial charge is 0.106 e. The number of allylic oxidation sites excluding steroid dienone is 2. The average Bonchev–Trinajstić information content (AvgIpc) is 3.03. The summed E-state index contributed by atoms with van der Waals surface area (Å²) in [4.78, 5) is 5.27. The molecule has 0 aromatic heterocycles. The summed E-state index contributed by atoms with van der Waals surface area (Å²) < 4.78 is 0. The van der Waals surface area contributed by atoms with Gasteiger partial charge in [0.15, 0.2) is 0 Å². The van der Waals surface area contributed by atoms with E-state index in [2.05, 4.69) is 97.0 Å². The predicted molar refractivity (Wildman–Crippen MR) is 112 cm³/mol. The van der Waals surface area contributed by atoms with Gasteiger partial charge in [-0.2, -0.15) is 0 Å². The summed E-state index contributed by atoms with van der Waals surface area (Å²) in [7, 11) is 1.63. The second kappa shape index (κ2) is 7.63. The van der Waals surface area contributed by atoms with Crippen LogP contribution in [0.25, 0.3) is 11.1 Å². The highest BCUT2D eigenvalue weighted by atomic mass is 16.6. The van der Waals surface area contributed by atoms with Gasteiger partial charge in [0.1, 0.15) is 7.11 Å². The molecule has 3 aromatic carbocycles. The van der Waals surface area contributed by atoms with Crippen molar-refractivity contribution in [2.24, 2.45) is 11.1 Å². The van der Waals surface area contributed by atoms with Gasteiger partial charge in [-0.1, -0.05) is 103 Å². The molecule has 0 heterocycles. The van der Waals surface area contributed by atoms with Crippen molar-refractivity contribution >= 4 is 16.9 Å². The number of rotatable bonds is 4. The first-order valence-corrected chi connectivity index (χ1v) is 9.32. The quantitative estimate of drug-likeness (QED) is 0.525. The van der Waals surface area contributed by atoms with Crippen molar-refractivity contribution in [1.82, 2.24) is 0 Å². The maximum Gasteiger partial charge on any atom is 0.106 e. The molecule has 2 nitrogen and oxygen atoms in total. The first-order valence-electron chi connectivity index (χ1n) is 9.32. The molecule has 0 bridgehead atoms. The second-order valence-electron chi connectivity index (χ2n) is 6.86. The molecule has 27 heavy (non-hydrogen) atoms. The van der Waals surface area contributed by atoms with Crippen LogP contribution in [0.1, 0.15) is 29.5 Å². The fraction of sp³-hybridized carbons (Fsp3) is 0.160. The average molecular weight is 353 g/mol. The van der Waals surface area contributed by atoms with E-state index in [9.17, 15) is 0 Å². The van der Waals surface area contributed by atoms with Gasteiger partial charge in [0, 0.05) is 17.4 Å². The Morgan fingerprint density at radius 2 is 1.22 bits per heavy atom. The summed E-state index contributed by atoms with van der Waals surface area (Å²) in [5, 5.41) is 4.47. The van der Waals surface area contributed by atoms with Crippen molar-refractivity contribution < 1.29 is 4.84 Å². The fourth-order valence-electron chi connectivity index (χ4n) is 4.12. The van der Waals surface area contributed by atoms with E-state index in [4.69, 9.17) is 4.84 Å². The first kappa shape index (κ1) is 17.3. The Morgan fingerprint density at radius 3 is 1.78 bits per heavy atom. The number of benzene rings is 3. The molecule has 1 aliphatic carbocycles. The normalized spacial score (nSPS) is 20.9. The monoisotopic (exact) mass is 353 g/mol. The van der Waals surface area contributed by atoms with Crippen molar-refractivity contribution in [2.45, 2.75) is 12.8 Å². The molecule has 0 saturated heterocycles. The minimum absolute atomic E-state index is 0.220. The van der Waals surface area contributed by atoms with Crippen LogP contribution < -0.4 is 0 Å². The van der Waals surface area contributed by atoms with Crippen LogP contribution in [0.4, 0.5) is 0 Å². The van der Waals surface area contributed by atoms with E-state index in [-0.39, 0.29) is 11.8 Å². The molecule has 3 aromatic rings. The molecule has 4 rings (SSSR count). The summed E-state index contributed by atoms with van der Waals surface area (Å²) >= 11 is 0. The highest BCUT2D eigenvalue weighted by Crippen LogP contribution is 2.50. The van der Waals surface area contributed by atoms with Gasteiger partial charge in [0.05, 0.1) is 5.71 Å². The Kier molecular flexibility index (Phi) is 4.88. The molecule has 2 atom stereocenters. The van der Waals surface area contributed by atoms with Crippen molar-refractivity contribution in [3.63, 3.8) is 0 Å². The third-order valence-electron chi connectivity index (χ3n) is 5.26. The lowest BCUT2D eigenvalue weighted by Gasteiger charge is -2.20. The van der Waals surface area contributed by atoms with Gasteiger partial charge in [-0.05, 0) is 22.3 Å².